The molecule has 2 N–H and O–H groups in total. The van der Waals surface area contributed by atoms with E-state index in [1.54, 1.807) is 0 Å². The van der Waals surface area contributed by atoms with Gasteiger partial charge in [0.1, 0.15) is 5.82 Å². The van der Waals surface area contributed by atoms with Gasteiger partial charge in [-0.05, 0) is 42.0 Å². The van der Waals surface area contributed by atoms with Gasteiger partial charge in [-0.1, -0.05) is 66.2 Å². The molecule has 4 rings (SSSR count). The van der Waals surface area contributed by atoms with Crippen LogP contribution in [0.5, 0.6) is 0 Å². The number of anilines is 1. The molecule has 1 heterocycles. The Hall–Kier alpha value is -2.89. The molecule has 0 aliphatic carbocycles. The lowest BCUT2D eigenvalue weighted by Crippen LogP contribution is -2.36. The van der Waals surface area contributed by atoms with Gasteiger partial charge in [-0.2, -0.15) is 0 Å². The van der Waals surface area contributed by atoms with Gasteiger partial charge in [-0.15, -0.1) is 0 Å². The molecule has 0 bridgehead atoms. The van der Waals surface area contributed by atoms with Crippen molar-refractivity contribution in [2.24, 2.45) is 0 Å². The molecule has 0 amide bonds. The van der Waals surface area contributed by atoms with Crippen molar-refractivity contribution in [3.8, 4) is 0 Å². The van der Waals surface area contributed by atoms with E-state index in [9.17, 15) is 0 Å². The predicted octanol–water partition coefficient (Wildman–Crippen LogP) is 5.66. The lowest BCUT2D eigenvalue weighted by Gasteiger charge is -2.26. The molecule has 3 aromatic carbocycles. The zero-order valence-corrected chi connectivity index (χ0v) is 17.4. The number of para-hydroxylation sites is 3. The molecule has 0 saturated carbocycles. The molecule has 0 spiro atoms. The van der Waals surface area contributed by atoms with E-state index in [1.165, 1.54) is 5.56 Å². The number of aromatic nitrogens is 2. The largest absolute Gasteiger partial charge is 0.344 e. The second-order valence-electron chi connectivity index (χ2n) is 6.77. The number of thiocarbonyl (C=S) groups is 1. The average Bonchev–Trinajstić information content (AvgIpc) is 3.16. The lowest BCUT2D eigenvalue weighted by atomic mass is 10.2. The van der Waals surface area contributed by atoms with Crippen LogP contribution in [0.25, 0.3) is 11.0 Å². The molecule has 0 radical (unpaired) electrons. The normalized spacial score (nSPS) is 10.8. The summed E-state index contributed by atoms with van der Waals surface area (Å²) in [5, 5.41) is 4.57. The molecule has 0 saturated heterocycles. The molecule has 1 aromatic heterocycles. The van der Waals surface area contributed by atoms with Crippen LogP contribution in [0.3, 0.4) is 0 Å². The quantitative estimate of drug-likeness (QED) is 0.395. The van der Waals surface area contributed by atoms with Gasteiger partial charge < -0.3 is 15.2 Å². The van der Waals surface area contributed by atoms with Crippen LogP contribution in [0.15, 0.2) is 78.9 Å². The highest BCUT2D eigenvalue weighted by atomic mass is 35.5. The fraction of sp³-hybridized carbons (Fsp3) is 0.130. The summed E-state index contributed by atoms with van der Waals surface area (Å²) < 4.78 is 0. The molecule has 29 heavy (non-hydrogen) atoms. The molecule has 6 heteroatoms. The predicted molar refractivity (Wildman–Crippen MR) is 124 cm³/mol. The standard InChI is InChI=1S/C23H21ClN4S/c24-18-10-4-5-11-19(18)27-23(29)28(16-17-8-2-1-3-9-17)15-14-22-25-20-12-6-7-13-21(20)26-22/h1-13H,14-16H2,(H,25,26)(H,27,29). The van der Waals surface area contributed by atoms with Crippen molar-refractivity contribution in [3.05, 3.63) is 95.3 Å². The second kappa shape index (κ2) is 9.07. The van der Waals surface area contributed by atoms with Gasteiger partial charge >= 0.3 is 0 Å². The van der Waals surface area contributed by atoms with Gasteiger partial charge in [0, 0.05) is 19.5 Å². The summed E-state index contributed by atoms with van der Waals surface area (Å²) in [6.07, 6.45) is 0.756. The van der Waals surface area contributed by atoms with Crippen LogP contribution in [0.4, 0.5) is 5.69 Å². The van der Waals surface area contributed by atoms with Gasteiger partial charge in [0.25, 0.3) is 0 Å². The Labute approximate surface area is 180 Å². The Kier molecular flexibility index (Phi) is 6.08. The summed E-state index contributed by atoms with van der Waals surface area (Å²) in [5.74, 6) is 0.949. The number of nitrogens with zero attached hydrogens (tertiary/aromatic N) is 2. The monoisotopic (exact) mass is 420 g/mol. The SMILES string of the molecule is S=C(Nc1ccccc1Cl)N(CCc1nc2ccccc2[nH]1)Cc1ccccc1. The number of fused-ring (bicyclic) bond motifs is 1. The Morgan fingerprint density at radius 2 is 1.69 bits per heavy atom. The Bertz CT molecular complexity index is 1080. The summed E-state index contributed by atoms with van der Waals surface area (Å²) >= 11 is 12.0. The van der Waals surface area contributed by atoms with Gasteiger partial charge in [0.05, 0.1) is 21.7 Å². The van der Waals surface area contributed by atoms with E-state index in [4.69, 9.17) is 23.8 Å². The summed E-state index contributed by atoms with van der Waals surface area (Å²) in [4.78, 5) is 10.2. The van der Waals surface area contributed by atoms with Crippen LogP contribution in [0.1, 0.15) is 11.4 Å². The molecule has 0 aliphatic heterocycles. The highest BCUT2D eigenvalue weighted by Gasteiger charge is 2.13. The van der Waals surface area contributed by atoms with Crippen LogP contribution in [0, 0.1) is 0 Å². The van der Waals surface area contributed by atoms with E-state index in [0.717, 1.165) is 35.5 Å². The van der Waals surface area contributed by atoms with Crippen LogP contribution in [0.2, 0.25) is 5.02 Å². The first-order chi connectivity index (χ1) is 14.2. The van der Waals surface area contributed by atoms with Gasteiger partial charge in [-0.25, -0.2) is 4.98 Å². The van der Waals surface area contributed by atoms with E-state index in [2.05, 4.69) is 32.3 Å². The van der Waals surface area contributed by atoms with Crippen LogP contribution in [-0.4, -0.2) is 26.5 Å². The highest BCUT2D eigenvalue weighted by molar-refractivity contribution is 7.80. The third-order valence-electron chi connectivity index (χ3n) is 4.68. The summed E-state index contributed by atoms with van der Waals surface area (Å²) in [6, 6.07) is 26.0. The Balaban J connectivity index is 1.51. The Morgan fingerprint density at radius 1 is 0.966 bits per heavy atom. The molecular weight excluding hydrogens is 400 g/mol. The molecular formula is C23H21ClN4S. The van der Waals surface area contributed by atoms with Gasteiger partial charge in [0.15, 0.2) is 5.11 Å². The van der Waals surface area contributed by atoms with Crippen molar-refractivity contribution < 1.29 is 0 Å². The number of hydrogen-bond acceptors (Lipinski definition) is 2. The zero-order chi connectivity index (χ0) is 20.1. The van der Waals surface area contributed by atoms with Crippen LogP contribution < -0.4 is 5.32 Å². The van der Waals surface area contributed by atoms with Crippen molar-refractivity contribution in [2.45, 2.75) is 13.0 Å². The minimum atomic E-state index is 0.637. The molecule has 0 fully saturated rings. The maximum Gasteiger partial charge on any atom is 0.173 e. The number of benzene rings is 3. The van der Waals surface area contributed by atoms with Crippen molar-refractivity contribution in [2.75, 3.05) is 11.9 Å². The maximum absolute atomic E-state index is 6.30. The number of imidazole rings is 1. The minimum absolute atomic E-state index is 0.637. The molecule has 0 aliphatic rings. The first kappa shape index (κ1) is 19.4. The van der Waals surface area contributed by atoms with Crippen LogP contribution >= 0.6 is 23.8 Å². The number of rotatable bonds is 6. The second-order valence-corrected chi connectivity index (χ2v) is 7.56. The highest BCUT2D eigenvalue weighted by Crippen LogP contribution is 2.21. The maximum atomic E-state index is 6.30. The van der Waals surface area contributed by atoms with E-state index >= 15 is 0 Å². The molecule has 146 valence electrons. The van der Waals surface area contributed by atoms with Crippen molar-refractivity contribution in [1.29, 1.82) is 0 Å². The van der Waals surface area contributed by atoms with E-state index in [-0.39, 0.29) is 0 Å². The number of H-pyrrole nitrogens is 1. The fourth-order valence-electron chi connectivity index (χ4n) is 3.18. The third-order valence-corrected chi connectivity index (χ3v) is 5.37. The molecule has 4 nitrogen and oxygen atoms in total. The average molecular weight is 421 g/mol. The van der Waals surface area contributed by atoms with Crippen molar-refractivity contribution in [1.82, 2.24) is 14.9 Å². The van der Waals surface area contributed by atoms with E-state index in [0.29, 0.717) is 16.7 Å². The number of halogens is 1. The van der Waals surface area contributed by atoms with E-state index in [1.807, 2.05) is 66.7 Å². The summed E-state index contributed by atoms with van der Waals surface area (Å²) in [6.45, 7) is 1.43. The van der Waals surface area contributed by atoms with Gasteiger partial charge in [-0.3, -0.25) is 0 Å². The first-order valence-electron chi connectivity index (χ1n) is 9.47. The summed E-state index contributed by atoms with van der Waals surface area (Å²) in [7, 11) is 0. The number of hydrogen-bond donors (Lipinski definition) is 2. The zero-order valence-electron chi connectivity index (χ0n) is 15.8. The third kappa shape index (κ3) is 4.94. The number of aromatic amines is 1. The molecule has 4 aromatic rings. The van der Waals surface area contributed by atoms with Crippen molar-refractivity contribution >= 4 is 45.7 Å². The lowest BCUT2D eigenvalue weighted by molar-refractivity contribution is 0.419. The molecule has 0 atom stereocenters. The van der Waals surface area contributed by atoms with Gasteiger partial charge in [0.2, 0.25) is 0 Å². The summed E-state index contributed by atoms with van der Waals surface area (Å²) in [5.41, 5.74) is 4.03. The smallest absolute Gasteiger partial charge is 0.173 e. The topological polar surface area (TPSA) is 44.0 Å². The molecule has 0 unspecified atom stereocenters. The Morgan fingerprint density at radius 3 is 2.48 bits per heavy atom. The van der Waals surface area contributed by atoms with Crippen molar-refractivity contribution in [3.63, 3.8) is 0 Å². The fourth-order valence-corrected chi connectivity index (χ4v) is 3.63. The van der Waals surface area contributed by atoms with Crippen LogP contribution in [-0.2, 0) is 13.0 Å². The first-order valence-corrected chi connectivity index (χ1v) is 10.3. The van der Waals surface area contributed by atoms with E-state index < -0.39 is 0 Å². The minimum Gasteiger partial charge on any atom is -0.344 e. The number of nitrogens with one attached hydrogen (secondary N) is 2.